The monoisotopic (exact) mass is 336 g/mol. The van der Waals surface area contributed by atoms with Crippen molar-refractivity contribution in [2.24, 2.45) is 0 Å². The molecule has 23 heavy (non-hydrogen) atoms. The van der Waals surface area contributed by atoms with E-state index in [0.29, 0.717) is 25.9 Å². The highest BCUT2D eigenvalue weighted by molar-refractivity contribution is 6.79. The van der Waals surface area contributed by atoms with Gasteiger partial charge in [-0.3, -0.25) is 9.59 Å². The molecule has 1 rings (SSSR count). The Balaban J connectivity index is 3.28. The van der Waals surface area contributed by atoms with Crippen LogP contribution in [-0.4, -0.2) is 33.7 Å². The molecule has 5 heteroatoms. The first-order chi connectivity index (χ1) is 10.8. The molecule has 0 bridgehead atoms. The first-order valence-corrected chi connectivity index (χ1v) is 11.5. The molecule has 1 aromatic rings. The third kappa shape index (κ3) is 4.93. The van der Waals surface area contributed by atoms with Crippen LogP contribution in [0.3, 0.4) is 0 Å². The quantitative estimate of drug-likeness (QED) is 0.536. The zero-order valence-corrected chi connectivity index (χ0v) is 15.8. The van der Waals surface area contributed by atoms with Crippen molar-refractivity contribution in [3.8, 4) is 0 Å². The van der Waals surface area contributed by atoms with Gasteiger partial charge in [-0.1, -0.05) is 50.0 Å². The van der Waals surface area contributed by atoms with Gasteiger partial charge in [-0.25, -0.2) is 0 Å². The van der Waals surface area contributed by atoms with Crippen molar-refractivity contribution >= 4 is 20.0 Å². The summed E-state index contributed by atoms with van der Waals surface area (Å²) in [4.78, 5) is 24.0. The Morgan fingerprint density at radius 2 is 1.70 bits per heavy atom. The zero-order valence-electron chi connectivity index (χ0n) is 14.8. The van der Waals surface area contributed by atoms with Gasteiger partial charge in [-0.2, -0.15) is 0 Å². The number of hydrogen-bond donors (Lipinski definition) is 0. The Morgan fingerprint density at radius 3 is 2.17 bits per heavy atom. The van der Waals surface area contributed by atoms with E-state index in [2.05, 4.69) is 31.8 Å². The Kier molecular flexibility index (Phi) is 7.00. The minimum Gasteiger partial charge on any atom is -0.469 e. The van der Waals surface area contributed by atoms with Gasteiger partial charge in [0.2, 0.25) is 0 Å². The Hall–Kier alpha value is -1.62. The van der Waals surface area contributed by atoms with Crippen LogP contribution in [0.25, 0.3) is 0 Å². The molecule has 1 unspecified atom stereocenters. The summed E-state index contributed by atoms with van der Waals surface area (Å²) < 4.78 is 10.0. The van der Waals surface area contributed by atoms with Gasteiger partial charge in [0.25, 0.3) is 0 Å². The molecule has 1 aromatic carbocycles. The second kappa shape index (κ2) is 8.29. The number of ether oxygens (including phenoxy) is 2. The number of rotatable bonds is 8. The van der Waals surface area contributed by atoms with Gasteiger partial charge >= 0.3 is 11.9 Å². The highest BCUT2D eigenvalue weighted by atomic mass is 28.3. The maximum Gasteiger partial charge on any atom is 0.306 e. The predicted octanol–water partition coefficient (Wildman–Crippen LogP) is 3.71. The van der Waals surface area contributed by atoms with Gasteiger partial charge in [-0.05, 0) is 18.9 Å². The normalized spacial score (nSPS) is 14.0. The summed E-state index contributed by atoms with van der Waals surface area (Å²) in [5.74, 6) is -0.448. The fourth-order valence-corrected chi connectivity index (χ4v) is 5.62. The molecule has 0 saturated carbocycles. The van der Waals surface area contributed by atoms with Crippen LogP contribution in [0.5, 0.6) is 0 Å². The molecule has 0 fully saturated rings. The molecular weight excluding hydrogens is 308 g/mol. The highest BCUT2D eigenvalue weighted by Gasteiger charge is 2.46. The van der Waals surface area contributed by atoms with E-state index < -0.39 is 8.07 Å². The van der Waals surface area contributed by atoms with Gasteiger partial charge in [0.15, 0.2) is 0 Å². The van der Waals surface area contributed by atoms with E-state index in [1.807, 2.05) is 25.1 Å². The molecule has 0 aliphatic rings. The highest BCUT2D eigenvalue weighted by Crippen LogP contribution is 2.42. The molecule has 1 atom stereocenters. The number of methoxy groups -OCH3 is 1. The molecule has 0 saturated heterocycles. The summed E-state index contributed by atoms with van der Waals surface area (Å²) in [6.45, 7) is 8.88. The molecular formula is C18H28O4Si. The van der Waals surface area contributed by atoms with E-state index >= 15 is 0 Å². The van der Waals surface area contributed by atoms with Crippen LogP contribution < -0.4 is 0 Å². The van der Waals surface area contributed by atoms with Crippen LogP contribution in [0.1, 0.15) is 31.7 Å². The SMILES string of the molecule is CCOC(=O)CC(CCC(=O)OC)(c1ccccc1)[Si](C)(C)C. The molecule has 0 aromatic heterocycles. The van der Waals surface area contributed by atoms with Gasteiger partial charge in [0, 0.05) is 11.5 Å². The lowest BCUT2D eigenvalue weighted by Crippen LogP contribution is -2.51. The van der Waals surface area contributed by atoms with Gasteiger partial charge in [-0.15, -0.1) is 0 Å². The second-order valence-electron chi connectivity index (χ2n) is 6.76. The lowest BCUT2D eigenvalue weighted by molar-refractivity contribution is -0.145. The number of carbonyl (C=O) groups is 2. The van der Waals surface area contributed by atoms with Crippen molar-refractivity contribution in [2.45, 2.75) is 50.9 Å². The molecule has 0 aliphatic carbocycles. The lowest BCUT2D eigenvalue weighted by Gasteiger charge is -2.43. The third-order valence-electron chi connectivity index (χ3n) is 4.50. The summed E-state index contributed by atoms with van der Waals surface area (Å²) in [6, 6.07) is 10.0. The fraction of sp³-hybridized carbons (Fsp3) is 0.556. The summed E-state index contributed by atoms with van der Waals surface area (Å²) in [5.41, 5.74) is 1.11. The first kappa shape index (κ1) is 19.4. The number of esters is 2. The molecule has 0 aliphatic heterocycles. The Labute approximate surface area is 140 Å². The molecule has 0 radical (unpaired) electrons. The van der Waals surface area contributed by atoms with Gasteiger partial charge < -0.3 is 9.47 Å². The zero-order chi connectivity index (χ0) is 17.5. The molecule has 0 heterocycles. The predicted molar refractivity (Wildman–Crippen MR) is 94.0 cm³/mol. The maximum absolute atomic E-state index is 12.3. The number of benzene rings is 1. The lowest BCUT2D eigenvalue weighted by atomic mass is 9.89. The van der Waals surface area contributed by atoms with E-state index in [4.69, 9.17) is 9.47 Å². The van der Waals surface area contributed by atoms with Crippen LogP contribution in [-0.2, 0) is 24.1 Å². The summed E-state index contributed by atoms with van der Waals surface area (Å²) in [6.07, 6.45) is 1.20. The van der Waals surface area contributed by atoms with E-state index in [1.165, 1.54) is 7.11 Å². The van der Waals surface area contributed by atoms with E-state index in [1.54, 1.807) is 0 Å². The van der Waals surface area contributed by atoms with Crippen molar-refractivity contribution in [1.29, 1.82) is 0 Å². The molecule has 4 nitrogen and oxygen atoms in total. The Bertz CT molecular complexity index is 522. The summed E-state index contributed by atoms with van der Waals surface area (Å²) >= 11 is 0. The molecule has 0 amide bonds. The van der Waals surface area contributed by atoms with Crippen molar-refractivity contribution in [2.75, 3.05) is 13.7 Å². The summed E-state index contributed by atoms with van der Waals surface area (Å²) in [7, 11) is -0.463. The fourth-order valence-electron chi connectivity index (χ4n) is 3.04. The average molecular weight is 337 g/mol. The first-order valence-electron chi connectivity index (χ1n) is 8.05. The standard InChI is InChI=1S/C18H28O4Si/c1-6-22-17(20)14-18(23(3,4)5,13-12-16(19)21-2)15-10-8-7-9-11-15/h7-11H,6,12-14H2,1-5H3. The van der Waals surface area contributed by atoms with Crippen molar-refractivity contribution in [1.82, 2.24) is 0 Å². The molecule has 0 N–H and O–H groups in total. The van der Waals surface area contributed by atoms with E-state index in [0.717, 1.165) is 5.56 Å². The van der Waals surface area contributed by atoms with E-state index in [-0.39, 0.29) is 17.0 Å². The third-order valence-corrected chi connectivity index (χ3v) is 8.08. The summed E-state index contributed by atoms with van der Waals surface area (Å²) in [5, 5.41) is -0.352. The number of hydrogen-bond acceptors (Lipinski definition) is 4. The van der Waals surface area contributed by atoms with Crippen LogP contribution in [0, 0.1) is 0 Å². The van der Waals surface area contributed by atoms with Crippen molar-refractivity contribution in [3.63, 3.8) is 0 Å². The van der Waals surface area contributed by atoms with Gasteiger partial charge in [0.1, 0.15) is 0 Å². The van der Waals surface area contributed by atoms with Crippen LogP contribution in [0.15, 0.2) is 30.3 Å². The van der Waals surface area contributed by atoms with Gasteiger partial charge in [0.05, 0.1) is 28.2 Å². The average Bonchev–Trinajstić information content (AvgIpc) is 2.51. The smallest absolute Gasteiger partial charge is 0.306 e. The minimum absolute atomic E-state index is 0.205. The second-order valence-corrected chi connectivity index (χ2v) is 12.2. The molecule has 128 valence electrons. The largest absolute Gasteiger partial charge is 0.469 e. The number of carbonyl (C=O) groups excluding carboxylic acids is 2. The topological polar surface area (TPSA) is 52.6 Å². The van der Waals surface area contributed by atoms with Crippen LogP contribution in [0.4, 0.5) is 0 Å². The minimum atomic E-state index is -1.86. The van der Waals surface area contributed by atoms with Crippen LogP contribution >= 0.6 is 0 Å². The van der Waals surface area contributed by atoms with Crippen molar-refractivity contribution in [3.05, 3.63) is 35.9 Å². The van der Waals surface area contributed by atoms with E-state index in [9.17, 15) is 9.59 Å². The van der Waals surface area contributed by atoms with Crippen molar-refractivity contribution < 1.29 is 19.1 Å². The Morgan fingerprint density at radius 1 is 1.09 bits per heavy atom. The maximum atomic E-state index is 12.3. The van der Waals surface area contributed by atoms with Crippen LogP contribution in [0.2, 0.25) is 19.6 Å². The molecule has 0 spiro atoms.